The summed E-state index contributed by atoms with van der Waals surface area (Å²) in [6, 6.07) is 18.1. The third-order valence-electron chi connectivity index (χ3n) is 7.81. The van der Waals surface area contributed by atoms with Gasteiger partial charge < -0.3 is 19.6 Å². The summed E-state index contributed by atoms with van der Waals surface area (Å²) in [5.41, 5.74) is -0.833. The Bertz CT molecular complexity index is 942. The van der Waals surface area contributed by atoms with Gasteiger partial charge in [-0.1, -0.05) is 60.7 Å². The predicted molar refractivity (Wildman–Crippen MR) is 124 cm³/mol. The van der Waals surface area contributed by atoms with Crippen molar-refractivity contribution in [3.05, 3.63) is 71.8 Å². The van der Waals surface area contributed by atoms with Gasteiger partial charge in [0.1, 0.15) is 6.54 Å². The van der Waals surface area contributed by atoms with Crippen LogP contribution in [0.4, 0.5) is 0 Å². The number of ether oxygens (including phenoxy) is 1. The van der Waals surface area contributed by atoms with E-state index >= 15 is 0 Å². The van der Waals surface area contributed by atoms with E-state index in [1.165, 1.54) is 0 Å². The second-order valence-electron chi connectivity index (χ2n) is 9.98. The highest BCUT2D eigenvalue weighted by Crippen LogP contribution is 2.38. The van der Waals surface area contributed by atoms with Gasteiger partial charge in [-0.3, -0.25) is 4.79 Å². The molecule has 1 saturated carbocycles. The van der Waals surface area contributed by atoms with Gasteiger partial charge in [0.2, 0.25) is 11.5 Å². The first kappa shape index (κ1) is 22.1. The maximum absolute atomic E-state index is 13.6. The summed E-state index contributed by atoms with van der Waals surface area (Å²) in [4.78, 5) is 25.6. The minimum absolute atomic E-state index is 0.179. The molecule has 6 nitrogen and oxygen atoms in total. The molecular weight excluding hydrogens is 416 g/mol. The van der Waals surface area contributed by atoms with Gasteiger partial charge in [-0.15, -0.1) is 0 Å². The Hall–Kier alpha value is -2.70. The summed E-state index contributed by atoms with van der Waals surface area (Å²) >= 11 is 0. The van der Waals surface area contributed by atoms with Crippen LogP contribution in [0.3, 0.4) is 0 Å². The molecule has 0 unspecified atom stereocenters. The van der Waals surface area contributed by atoms with Gasteiger partial charge in [0.25, 0.3) is 0 Å². The van der Waals surface area contributed by atoms with Crippen molar-refractivity contribution in [2.45, 2.75) is 37.4 Å². The van der Waals surface area contributed by atoms with Crippen LogP contribution >= 0.6 is 0 Å². The van der Waals surface area contributed by atoms with E-state index in [9.17, 15) is 14.7 Å². The third kappa shape index (κ3) is 4.42. The molecule has 3 heterocycles. The van der Waals surface area contributed by atoms with E-state index < -0.39 is 11.6 Å². The third-order valence-corrected chi connectivity index (χ3v) is 7.81. The van der Waals surface area contributed by atoms with Crippen LogP contribution < -0.4 is 5.32 Å². The van der Waals surface area contributed by atoms with Crippen LogP contribution in [0, 0.1) is 11.8 Å². The molecule has 1 amide bonds. The molecule has 0 radical (unpaired) electrons. The van der Waals surface area contributed by atoms with Crippen molar-refractivity contribution in [2.24, 2.45) is 11.8 Å². The summed E-state index contributed by atoms with van der Waals surface area (Å²) in [5, 5.41) is 14.8. The fraction of sp³-hybridized carbons (Fsp3) is 0.481. The molecule has 3 saturated heterocycles. The molecule has 3 aliphatic heterocycles. The van der Waals surface area contributed by atoms with Crippen molar-refractivity contribution in [1.29, 1.82) is 0 Å². The minimum atomic E-state index is -1.85. The Morgan fingerprint density at radius 2 is 1.52 bits per heavy atom. The second kappa shape index (κ2) is 8.92. The fourth-order valence-corrected chi connectivity index (χ4v) is 5.56. The highest BCUT2D eigenvalue weighted by atomic mass is 16.6. The van der Waals surface area contributed by atoms with Crippen LogP contribution in [-0.4, -0.2) is 60.3 Å². The quantitative estimate of drug-likeness (QED) is 0.480. The van der Waals surface area contributed by atoms with E-state index in [0.717, 1.165) is 56.3 Å². The van der Waals surface area contributed by atoms with Crippen LogP contribution in [0.2, 0.25) is 0 Å². The summed E-state index contributed by atoms with van der Waals surface area (Å²) in [7, 11) is 0. The number of hydrogen-bond acceptors (Lipinski definition) is 4. The van der Waals surface area contributed by atoms with Gasteiger partial charge in [-0.25, -0.2) is 4.79 Å². The molecule has 2 bridgehead atoms. The van der Waals surface area contributed by atoms with Gasteiger partial charge in [-0.2, -0.15) is 0 Å². The van der Waals surface area contributed by atoms with Gasteiger partial charge >= 0.3 is 5.97 Å². The largest absolute Gasteiger partial charge is 0.453 e. The standard InChI is InChI=1S/C27H32N2O4/c30-25(21-11-12-21)28-15-18-29-16-13-20(14-17-29)24(19-29)33-26(31)27(32,22-7-3-1-4-8-22)23-9-5-2-6-10-23/h1-10,20-21,24,32H,11-19H2/p+1/t20?,24-,29?/m0/s1. The van der Waals surface area contributed by atoms with Crippen LogP contribution in [0.1, 0.15) is 36.8 Å². The van der Waals surface area contributed by atoms with Crippen molar-refractivity contribution in [1.82, 2.24) is 5.32 Å². The number of carbonyl (C=O) groups is 2. The zero-order valence-corrected chi connectivity index (χ0v) is 19.0. The van der Waals surface area contributed by atoms with Crippen LogP contribution in [0.15, 0.2) is 60.7 Å². The first-order valence-corrected chi connectivity index (χ1v) is 12.2. The van der Waals surface area contributed by atoms with E-state index in [4.69, 9.17) is 4.74 Å². The molecule has 6 rings (SSSR count). The monoisotopic (exact) mass is 449 g/mol. The molecule has 4 fully saturated rings. The molecule has 4 aliphatic rings. The van der Waals surface area contributed by atoms with Gasteiger partial charge in [-0.05, 0) is 24.0 Å². The number of quaternary nitrogens is 1. The number of benzene rings is 2. The first-order chi connectivity index (χ1) is 16.0. The number of nitrogens with zero attached hydrogens (tertiary/aromatic N) is 1. The highest BCUT2D eigenvalue weighted by Gasteiger charge is 2.50. The fourth-order valence-electron chi connectivity index (χ4n) is 5.56. The maximum Gasteiger partial charge on any atom is 0.348 e. The average molecular weight is 450 g/mol. The number of fused-ring (bicyclic) bond motifs is 3. The average Bonchev–Trinajstić information content (AvgIpc) is 3.71. The molecule has 1 aliphatic carbocycles. The molecular formula is C27H33N2O4+. The van der Waals surface area contributed by atoms with Gasteiger partial charge in [0.05, 0.1) is 26.2 Å². The van der Waals surface area contributed by atoms with Crippen LogP contribution in [0.25, 0.3) is 0 Å². The Labute approximate surface area is 195 Å². The Morgan fingerprint density at radius 1 is 0.939 bits per heavy atom. The number of rotatable bonds is 8. The summed E-state index contributed by atoms with van der Waals surface area (Å²) < 4.78 is 6.98. The first-order valence-electron chi connectivity index (χ1n) is 12.2. The van der Waals surface area contributed by atoms with E-state index in [1.807, 2.05) is 36.4 Å². The van der Waals surface area contributed by atoms with Crippen molar-refractivity contribution >= 4 is 11.9 Å². The van der Waals surface area contributed by atoms with E-state index in [1.54, 1.807) is 24.3 Å². The Morgan fingerprint density at radius 3 is 2.06 bits per heavy atom. The number of esters is 1. The highest BCUT2D eigenvalue weighted by molar-refractivity contribution is 5.85. The molecule has 6 heteroatoms. The van der Waals surface area contributed by atoms with Crippen LogP contribution in [0.5, 0.6) is 0 Å². The number of nitrogens with one attached hydrogen (secondary N) is 1. The molecule has 1 atom stereocenters. The van der Waals surface area contributed by atoms with Gasteiger partial charge in [0.15, 0.2) is 6.10 Å². The Balaban J connectivity index is 1.31. The zero-order chi connectivity index (χ0) is 22.9. The van der Waals surface area contributed by atoms with Crippen molar-refractivity contribution < 1.29 is 23.9 Å². The summed E-state index contributed by atoms with van der Waals surface area (Å²) in [5.74, 6) is 0.114. The molecule has 2 aromatic rings. The maximum atomic E-state index is 13.6. The number of aliphatic hydroxyl groups is 1. The lowest BCUT2D eigenvalue weighted by Gasteiger charge is -2.52. The molecule has 2 aromatic carbocycles. The molecule has 0 aromatic heterocycles. The lowest BCUT2D eigenvalue weighted by atomic mass is 9.82. The number of piperidine rings is 3. The number of carbonyl (C=O) groups excluding carboxylic acids is 2. The molecule has 33 heavy (non-hydrogen) atoms. The van der Waals surface area contributed by atoms with Crippen molar-refractivity contribution in [3.63, 3.8) is 0 Å². The van der Waals surface area contributed by atoms with Crippen molar-refractivity contribution in [3.8, 4) is 0 Å². The predicted octanol–water partition coefficient (Wildman–Crippen LogP) is 2.60. The number of hydrogen-bond donors (Lipinski definition) is 2. The normalized spacial score (nSPS) is 26.6. The zero-order valence-electron chi connectivity index (χ0n) is 19.0. The van der Waals surface area contributed by atoms with Crippen molar-refractivity contribution in [2.75, 3.05) is 32.7 Å². The summed E-state index contributed by atoms with van der Waals surface area (Å²) in [6.45, 7) is 4.38. The summed E-state index contributed by atoms with van der Waals surface area (Å²) in [6.07, 6.45) is 3.81. The lowest BCUT2D eigenvalue weighted by Crippen LogP contribution is -2.66. The number of amides is 1. The SMILES string of the molecule is O=C(NCC[N+]12CCC(CC1)[C@@H](OC(=O)C(O)(c1ccccc1)c1ccccc1)C2)C1CC1. The molecule has 0 spiro atoms. The van der Waals surface area contributed by atoms with Gasteiger partial charge in [0, 0.05) is 24.7 Å². The smallest absolute Gasteiger partial charge is 0.348 e. The van der Waals surface area contributed by atoms with E-state index in [-0.39, 0.29) is 17.9 Å². The van der Waals surface area contributed by atoms with Crippen LogP contribution in [-0.2, 0) is 19.9 Å². The van der Waals surface area contributed by atoms with E-state index in [2.05, 4.69) is 5.32 Å². The lowest BCUT2D eigenvalue weighted by molar-refractivity contribution is -0.945. The van der Waals surface area contributed by atoms with E-state index in [0.29, 0.717) is 23.6 Å². The minimum Gasteiger partial charge on any atom is -0.453 e. The second-order valence-corrected chi connectivity index (χ2v) is 9.98. The Kier molecular flexibility index (Phi) is 5.97. The topological polar surface area (TPSA) is 75.6 Å². The molecule has 2 N–H and O–H groups in total. The molecule has 174 valence electrons.